The lowest BCUT2D eigenvalue weighted by molar-refractivity contribution is 0.669. The number of hydrogen-bond acceptors (Lipinski definition) is 2. The van der Waals surface area contributed by atoms with Crippen molar-refractivity contribution in [3.63, 3.8) is 0 Å². The van der Waals surface area contributed by atoms with Gasteiger partial charge in [-0.1, -0.05) is 230 Å². The van der Waals surface area contributed by atoms with Gasteiger partial charge in [-0.25, -0.2) is 0 Å². The molecule has 0 radical (unpaired) electrons. The average molecular weight is 983 g/mol. The van der Waals surface area contributed by atoms with Crippen molar-refractivity contribution < 1.29 is 8.53 Å². The Bertz CT molecular complexity index is 4640. The number of benzene rings is 13. The zero-order valence-corrected chi connectivity index (χ0v) is 41.9. The average Bonchev–Trinajstić information content (AvgIpc) is 3.67. The van der Waals surface area contributed by atoms with Gasteiger partial charge in [0.25, 0.3) is 0 Å². The van der Waals surface area contributed by atoms with Gasteiger partial charge in [-0.15, -0.1) is 0 Å². The van der Waals surface area contributed by atoms with Crippen LogP contribution in [0.4, 0.5) is 17.1 Å². The normalized spacial score (nSPS) is 13.1. The molecule has 0 amide bonds. The van der Waals surface area contributed by atoms with Crippen molar-refractivity contribution in [2.24, 2.45) is 0 Å². The first-order valence-electron chi connectivity index (χ1n) is 27.8. The highest BCUT2D eigenvalue weighted by molar-refractivity contribution is 6.11. The Balaban J connectivity index is 0.914. The van der Waals surface area contributed by atoms with Gasteiger partial charge in [0.2, 0.25) is 0 Å². The van der Waals surface area contributed by atoms with Crippen LogP contribution in [0, 0.1) is 0 Å². The maximum atomic E-state index is 9.72. The summed E-state index contributed by atoms with van der Waals surface area (Å²) in [5, 5.41) is 5.64. The van der Waals surface area contributed by atoms with E-state index < -0.39 is 5.41 Å². The van der Waals surface area contributed by atoms with Gasteiger partial charge in [-0.3, -0.25) is 0 Å². The summed E-state index contributed by atoms with van der Waals surface area (Å²) in [6.07, 6.45) is 0. The lowest BCUT2D eigenvalue weighted by Gasteiger charge is -2.34. The third kappa shape index (κ3) is 7.48. The van der Waals surface area contributed by atoms with Gasteiger partial charge in [0.15, 0.2) is 0 Å². The first-order chi connectivity index (χ1) is 39.4. The minimum atomic E-state index is -0.661. The van der Waals surface area contributed by atoms with Gasteiger partial charge < -0.3 is 9.32 Å². The number of furan rings is 1. The summed E-state index contributed by atoms with van der Waals surface area (Å²) in [5.74, 6) is 0. The molecule has 0 bridgehead atoms. The number of anilines is 3. The molecule has 0 spiro atoms. The van der Waals surface area contributed by atoms with Gasteiger partial charge in [0.1, 0.15) is 11.2 Å². The van der Waals surface area contributed by atoms with E-state index in [0.29, 0.717) is 27.7 Å². The zero-order chi connectivity index (χ0) is 53.5. The molecule has 1 heterocycles. The van der Waals surface area contributed by atoms with Crippen molar-refractivity contribution >= 4 is 60.5 Å². The Kier molecular flexibility index (Phi) is 9.73. The molecule has 77 heavy (non-hydrogen) atoms. The van der Waals surface area contributed by atoms with Crippen molar-refractivity contribution in [3.05, 3.63) is 319 Å². The fourth-order valence-electron chi connectivity index (χ4n) is 12.1. The third-order valence-electron chi connectivity index (χ3n) is 15.8. The summed E-state index contributed by atoms with van der Waals surface area (Å²) in [5.41, 5.74) is 17.9. The fourth-order valence-corrected chi connectivity index (χ4v) is 12.1. The van der Waals surface area contributed by atoms with Crippen LogP contribution in [0.5, 0.6) is 0 Å². The van der Waals surface area contributed by atoms with Gasteiger partial charge >= 0.3 is 0 Å². The highest BCUT2D eigenvalue weighted by Gasteiger charge is 2.46. The van der Waals surface area contributed by atoms with E-state index in [1.807, 2.05) is 48.5 Å². The Morgan fingerprint density at radius 3 is 1.51 bits per heavy atom. The van der Waals surface area contributed by atoms with Crippen molar-refractivity contribution in [1.82, 2.24) is 0 Å². The summed E-state index contributed by atoms with van der Waals surface area (Å²) >= 11 is 0. The molecule has 14 aromatic rings. The summed E-state index contributed by atoms with van der Waals surface area (Å²) in [6, 6.07) is 99.3. The van der Waals surface area contributed by atoms with Crippen LogP contribution in [0.1, 0.15) is 26.4 Å². The number of nitrogens with zero attached hydrogens (tertiary/aromatic N) is 1. The number of rotatable bonds is 9. The van der Waals surface area contributed by atoms with Crippen LogP contribution in [0.2, 0.25) is 0 Å². The molecule has 1 aromatic heterocycles. The Hall–Kier alpha value is -10.0. The van der Waals surface area contributed by atoms with Crippen LogP contribution >= 0.6 is 0 Å². The third-order valence-corrected chi connectivity index (χ3v) is 15.8. The number of fused-ring (bicyclic) bond motifs is 8. The lowest BCUT2D eigenvalue weighted by atomic mass is 9.67. The molecule has 15 rings (SSSR count). The Labute approximate surface area is 452 Å². The predicted octanol–water partition coefficient (Wildman–Crippen LogP) is 20.4. The van der Waals surface area contributed by atoms with Crippen LogP contribution in [-0.2, 0) is 5.41 Å². The Morgan fingerprint density at radius 1 is 0.299 bits per heavy atom. The molecule has 0 fully saturated rings. The first-order valence-corrected chi connectivity index (χ1v) is 26.3. The topological polar surface area (TPSA) is 16.4 Å². The molecule has 0 N–H and O–H groups in total. The highest BCUT2D eigenvalue weighted by atomic mass is 16.3. The van der Waals surface area contributed by atoms with E-state index in [0.717, 1.165) is 66.6 Å². The SMILES string of the molecule is [2H]c1c(-c2cccc(N(c3ccc(-c4ccc5ccccc5c4)cc3)c3ccc4c(c3)-c3ccccc3C4(c3ccc(-c4ccccc4)cc3)c3ccc(-c4ccccc4)cc3)c2)c([2H])c2oc3cc4ccccc4cc3c2c1[2H]. The maximum absolute atomic E-state index is 9.72. The molecule has 2 nitrogen and oxygen atoms in total. The molecule has 13 aromatic carbocycles. The molecular formula is C75H49NO. The standard InChI is InChI=1S/C75H49NO/c1-3-14-50(15-4-1)53-28-35-62(36-29-53)75(63-37-30-54(31-38-63)51-16-5-2-6-17-51)71-25-12-11-24-67(71)69-49-66(41-43-72(69)75)76(64-39-32-55(33-40-64)60-27-26-52-18-7-8-19-56(52)44-60)65-23-13-22-57(45-65)61-34-42-68-70-46-58-20-9-10-21-59(58)47-74(70)77-73(68)48-61/h1-49H/i34D,42D,48D. The van der Waals surface area contributed by atoms with Crippen molar-refractivity contribution in [2.75, 3.05) is 4.90 Å². The second kappa shape index (κ2) is 18.1. The first kappa shape index (κ1) is 41.3. The van der Waals surface area contributed by atoms with Gasteiger partial charge in [-0.05, 0) is 166 Å². The van der Waals surface area contributed by atoms with Crippen LogP contribution in [0.25, 0.3) is 99.1 Å². The monoisotopic (exact) mass is 982 g/mol. The van der Waals surface area contributed by atoms with Crippen LogP contribution in [0.3, 0.4) is 0 Å². The van der Waals surface area contributed by atoms with Crippen molar-refractivity contribution in [1.29, 1.82) is 0 Å². The van der Waals surface area contributed by atoms with Crippen molar-refractivity contribution in [3.8, 4) is 55.6 Å². The van der Waals surface area contributed by atoms with Gasteiger partial charge in [-0.2, -0.15) is 0 Å². The predicted molar refractivity (Wildman–Crippen MR) is 322 cm³/mol. The molecule has 0 saturated heterocycles. The van der Waals surface area contributed by atoms with E-state index in [9.17, 15) is 4.11 Å². The second-order valence-electron chi connectivity index (χ2n) is 20.2. The molecule has 1 aliphatic rings. The van der Waals surface area contributed by atoms with Gasteiger partial charge in [0.05, 0.1) is 9.53 Å². The largest absolute Gasteiger partial charge is 0.456 e. The van der Waals surface area contributed by atoms with Gasteiger partial charge in [0, 0.05) is 27.8 Å². The van der Waals surface area contributed by atoms with E-state index in [1.165, 1.54) is 44.2 Å². The second-order valence-corrected chi connectivity index (χ2v) is 20.2. The summed E-state index contributed by atoms with van der Waals surface area (Å²) in [7, 11) is 0. The smallest absolute Gasteiger partial charge is 0.136 e. The quantitative estimate of drug-likeness (QED) is 0.143. The zero-order valence-electron chi connectivity index (χ0n) is 44.9. The minimum Gasteiger partial charge on any atom is -0.456 e. The fraction of sp³-hybridized carbons (Fsp3) is 0.0133. The van der Waals surface area contributed by atoms with Crippen LogP contribution < -0.4 is 4.90 Å². The summed E-state index contributed by atoms with van der Waals surface area (Å²) in [6.45, 7) is 0. The molecule has 360 valence electrons. The van der Waals surface area contributed by atoms with E-state index in [4.69, 9.17) is 4.42 Å². The van der Waals surface area contributed by atoms with E-state index >= 15 is 0 Å². The van der Waals surface area contributed by atoms with Crippen LogP contribution in [-0.4, -0.2) is 0 Å². The molecule has 2 heteroatoms. The number of hydrogen-bond donors (Lipinski definition) is 0. The highest BCUT2D eigenvalue weighted by Crippen LogP contribution is 2.57. The summed E-state index contributed by atoms with van der Waals surface area (Å²) in [4.78, 5) is 2.28. The molecule has 1 aliphatic carbocycles. The molecular weight excluding hydrogens is 931 g/mol. The van der Waals surface area contributed by atoms with E-state index in [2.05, 4.69) is 235 Å². The lowest BCUT2D eigenvalue weighted by Crippen LogP contribution is -2.28. The molecule has 0 aliphatic heterocycles. The van der Waals surface area contributed by atoms with E-state index in [-0.39, 0.29) is 18.1 Å². The van der Waals surface area contributed by atoms with E-state index in [1.54, 1.807) is 0 Å². The van der Waals surface area contributed by atoms with Crippen LogP contribution in [0.15, 0.2) is 302 Å². The molecule has 0 unspecified atom stereocenters. The molecule has 0 atom stereocenters. The molecule has 0 saturated carbocycles. The van der Waals surface area contributed by atoms with Crippen molar-refractivity contribution in [2.45, 2.75) is 5.41 Å². The summed E-state index contributed by atoms with van der Waals surface area (Å²) < 4.78 is 35.2. The maximum Gasteiger partial charge on any atom is 0.136 e. The Morgan fingerprint density at radius 2 is 0.805 bits per heavy atom. The minimum absolute atomic E-state index is 0.0131.